The average Bonchev–Trinajstić information content (AvgIpc) is 2.92. The zero-order valence-corrected chi connectivity index (χ0v) is 17.3. The van der Waals surface area contributed by atoms with Gasteiger partial charge in [0.2, 0.25) is 0 Å². The molecule has 2 rings (SSSR count). The number of ether oxygens (including phenoxy) is 2. The van der Waals surface area contributed by atoms with Gasteiger partial charge in [-0.15, -0.1) is 0 Å². The van der Waals surface area contributed by atoms with Gasteiger partial charge in [0.25, 0.3) is 0 Å². The monoisotopic (exact) mass is 481 g/mol. The third-order valence-electron chi connectivity index (χ3n) is 3.46. The maximum Gasteiger partial charge on any atom is 0.490 e. The smallest absolute Gasteiger partial charge is 0.383 e. The molecule has 1 fully saturated rings. The molecule has 166 valence electrons. The minimum absolute atomic E-state index is 0.00301. The molecule has 29 heavy (non-hydrogen) atoms. The summed E-state index contributed by atoms with van der Waals surface area (Å²) in [5, 5.41) is 0. The molecular formula is C10H18N3O13P3. The Morgan fingerprint density at radius 2 is 1.90 bits per heavy atom. The van der Waals surface area contributed by atoms with Gasteiger partial charge in [0.15, 0.2) is 0 Å². The van der Waals surface area contributed by atoms with Crippen LogP contribution in [-0.4, -0.2) is 55.0 Å². The van der Waals surface area contributed by atoms with Gasteiger partial charge in [0, 0.05) is 19.7 Å². The molecule has 1 aromatic heterocycles. The highest BCUT2D eigenvalue weighted by Gasteiger charge is 2.43. The normalized spacial score (nSPS) is 26.7. The second-order valence-corrected chi connectivity index (χ2v) is 9.99. The molecule has 19 heteroatoms. The highest BCUT2D eigenvalue weighted by molar-refractivity contribution is 7.66. The molecule has 1 aromatic rings. The Kier molecular flexibility index (Phi) is 7.55. The lowest BCUT2D eigenvalue weighted by atomic mass is 10.2. The Labute approximate surface area is 162 Å². The van der Waals surface area contributed by atoms with Crippen molar-refractivity contribution in [2.45, 2.75) is 24.9 Å². The van der Waals surface area contributed by atoms with Gasteiger partial charge in [-0.25, -0.2) is 18.5 Å². The van der Waals surface area contributed by atoms with Crippen LogP contribution in [-0.2, 0) is 36.3 Å². The van der Waals surface area contributed by atoms with E-state index < -0.39 is 54.2 Å². The van der Waals surface area contributed by atoms with Crippen LogP contribution >= 0.6 is 23.5 Å². The van der Waals surface area contributed by atoms with Crippen LogP contribution in [0.15, 0.2) is 17.1 Å². The number of nitrogen functional groups attached to an aromatic ring is 1. The lowest BCUT2D eigenvalue weighted by molar-refractivity contribution is -0.0524. The Morgan fingerprint density at radius 1 is 1.24 bits per heavy atom. The highest BCUT2D eigenvalue weighted by Crippen LogP contribution is 2.66. The van der Waals surface area contributed by atoms with E-state index in [0.29, 0.717) is 0 Å². The van der Waals surface area contributed by atoms with Gasteiger partial charge >= 0.3 is 29.2 Å². The van der Waals surface area contributed by atoms with E-state index in [-0.39, 0.29) is 12.2 Å². The first-order chi connectivity index (χ1) is 13.2. The maximum atomic E-state index is 11.9. The zero-order chi connectivity index (χ0) is 22.0. The Hall–Kier alpha value is -0.990. The number of hydrogen-bond donors (Lipinski definition) is 5. The molecule has 0 saturated carbocycles. The van der Waals surface area contributed by atoms with Crippen molar-refractivity contribution in [2.75, 3.05) is 19.5 Å². The topological polar surface area (TPSA) is 239 Å². The van der Waals surface area contributed by atoms with Crippen molar-refractivity contribution in [2.24, 2.45) is 0 Å². The summed E-state index contributed by atoms with van der Waals surface area (Å²) < 4.78 is 57.2. The quantitative estimate of drug-likeness (QED) is 0.279. The summed E-state index contributed by atoms with van der Waals surface area (Å²) in [6.45, 7) is -0.712. The van der Waals surface area contributed by atoms with Gasteiger partial charge in [-0.2, -0.15) is 13.6 Å². The molecule has 0 bridgehead atoms. The molecule has 1 aliphatic rings. The molecule has 2 heterocycles. The Bertz CT molecular complexity index is 931. The third-order valence-corrected chi connectivity index (χ3v) is 7.27. The van der Waals surface area contributed by atoms with Gasteiger partial charge < -0.3 is 34.8 Å². The number of hydrogen-bond acceptors (Lipinski definition) is 11. The fraction of sp³-hybridized carbons (Fsp3) is 0.600. The number of methoxy groups -OCH3 is 1. The SMILES string of the molecule is CO[C@@H]1C[C@H](n2ccc(N)nc2=O)O[C@@H]1COP(=O)(O)OP(=O)(O)OP(=O)(O)O. The van der Waals surface area contributed by atoms with Crippen molar-refractivity contribution in [3.63, 3.8) is 0 Å². The number of rotatable bonds is 9. The van der Waals surface area contributed by atoms with Gasteiger partial charge in [0.1, 0.15) is 18.1 Å². The van der Waals surface area contributed by atoms with Crippen molar-refractivity contribution >= 4 is 29.3 Å². The van der Waals surface area contributed by atoms with E-state index in [1.165, 1.54) is 19.4 Å². The molecule has 2 unspecified atom stereocenters. The maximum absolute atomic E-state index is 11.9. The van der Waals surface area contributed by atoms with E-state index >= 15 is 0 Å². The summed E-state index contributed by atoms with van der Waals surface area (Å²) in [4.78, 5) is 51.0. The van der Waals surface area contributed by atoms with Crippen LogP contribution in [0.4, 0.5) is 5.82 Å². The second kappa shape index (κ2) is 9.02. The predicted octanol–water partition coefficient (Wildman–Crippen LogP) is -0.529. The Balaban J connectivity index is 2.03. The molecular weight excluding hydrogens is 463 g/mol. The summed E-state index contributed by atoms with van der Waals surface area (Å²) in [6, 6.07) is 1.35. The van der Waals surface area contributed by atoms with Gasteiger partial charge in [0.05, 0.1) is 12.7 Å². The number of aromatic nitrogens is 2. The van der Waals surface area contributed by atoms with Crippen molar-refractivity contribution in [3.05, 3.63) is 22.7 Å². The van der Waals surface area contributed by atoms with E-state index in [2.05, 4.69) is 18.1 Å². The lowest BCUT2D eigenvalue weighted by Gasteiger charge is -2.20. The average molecular weight is 481 g/mol. The number of anilines is 1. The largest absolute Gasteiger partial charge is 0.490 e. The highest BCUT2D eigenvalue weighted by atomic mass is 31.3. The summed E-state index contributed by atoms with van der Waals surface area (Å²) >= 11 is 0. The lowest BCUT2D eigenvalue weighted by Crippen LogP contribution is -2.28. The van der Waals surface area contributed by atoms with Crippen LogP contribution < -0.4 is 11.4 Å². The zero-order valence-electron chi connectivity index (χ0n) is 14.6. The molecule has 0 amide bonds. The van der Waals surface area contributed by atoms with Crippen LogP contribution in [0, 0.1) is 0 Å². The molecule has 0 spiro atoms. The van der Waals surface area contributed by atoms with E-state index in [9.17, 15) is 23.4 Å². The summed E-state index contributed by atoms with van der Waals surface area (Å²) in [5.74, 6) is -0.00301. The van der Waals surface area contributed by atoms with E-state index in [4.69, 9.17) is 29.9 Å². The summed E-state index contributed by atoms with van der Waals surface area (Å²) in [7, 11) is -15.1. The first-order valence-electron chi connectivity index (χ1n) is 7.52. The second-order valence-electron chi connectivity index (χ2n) is 5.57. The van der Waals surface area contributed by atoms with E-state index in [1.54, 1.807) is 0 Å². The standard InChI is InChI=1S/C10H18N3O13P3/c1-22-6-4-9(13-3-2-8(11)12-10(13)14)24-7(6)5-23-28(18,19)26-29(20,21)25-27(15,16)17/h2-3,6-7,9H,4-5H2,1H3,(H,18,19)(H,20,21)(H2,11,12,14)(H2,15,16,17)/t6-,7-,9-/m1/s1. The summed E-state index contributed by atoms with van der Waals surface area (Å²) in [5.41, 5.74) is 4.70. The van der Waals surface area contributed by atoms with Gasteiger partial charge in [-0.3, -0.25) is 9.09 Å². The number of phosphoric acid groups is 3. The van der Waals surface area contributed by atoms with Crippen molar-refractivity contribution in [1.29, 1.82) is 0 Å². The molecule has 1 aliphatic heterocycles. The minimum atomic E-state index is -5.63. The van der Waals surface area contributed by atoms with Crippen LogP contribution in [0.3, 0.4) is 0 Å². The van der Waals surface area contributed by atoms with Crippen LogP contribution in [0.1, 0.15) is 12.6 Å². The number of phosphoric ester groups is 1. The van der Waals surface area contributed by atoms with E-state index in [0.717, 1.165) is 4.57 Å². The molecule has 5 atom stereocenters. The Morgan fingerprint density at radius 3 is 2.45 bits per heavy atom. The fourth-order valence-corrected chi connectivity index (χ4v) is 5.42. The number of nitrogens with zero attached hydrogens (tertiary/aromatic N) is 2. The van der Waals surface area contributed by atoms with Crippen molar-refractivity contribution < 1.29 is 55.9 Å². The van der Waals surface area contributed by atoms with Crippen molar-refractivity contribution in [3.8, 4) is 0 Å². The van der Waals surface area contributed by atoms with Gasteiger partial charge in [-0.1, -0.05) is 0 Å². The molecule has 6 N–H and O–H groups in total. The van der Waals surface area contributed by atoms with E-state index in [1.807, 2.05) is 0 Å². The first-order valence-corrected chi connectivity index (χ1v) is 12.0. The number of nitrogens with two attached hydrogens (primary N) is 1. The fourth-order valence-electron chi connectivity index (χ4n) is 2.39. The van der Waals surface area contributed by atoms with Crippen molar-refractivity contribution in [1.82, 2.24) is 9.55 Å². The molecule has 1 saturated heterocycles. The summed E-state index contributed by atoms with van der Waals surface area (Å²) in [6.07, 6.45) is -1.19. The predicted molar refractivity (Wildman–Crippen MR) is 92.1 cm³/mol. The molecule has 0 radical (unpaired) electrons. The van der Waals surface area contributed by atoms with Crippen LogP contribution in [0.5, 0.6) is 0 Å². The first kappa shape index (κ1) is 24.3. The molecule has 0 aliphatic carbocycles. The van der Waals surface area contributed by atoms with Gasteiger partial charge in [-0.05, 0) is 6.07 Å². The van der Waals surface area contributed by atoms with Crippen LogP contribution in [0.25, 0.3) is 0 Å². The minimum Gasteiger partial charge on any atom is -0.383 e. The molecule has 0 aromatic carbocycles. The van der Waals surface area contributed by atoms with Crippen LogP contribution in [0.2, 0.25) is 0 Å². The third kappa shape index (κ3) is 7.33. The molecule has 16 nitrogen and oxygen atoms in total.